The van der Waals surface area contributed by atoms with Crippen molar-refractivity contribution in [2.45, 2.75) is 38.3 Å². The number of hydrogen-bond acceptors (Lipinski definition) is 3. The van der Waals surface area contributed by atoms with Crippen LogP contribution in [0.15, 0.2) is 12.2 Å². The third-order valence-corrected chi connectivity index (χ3v) is 1.71. The van der Waals surface area contributed by atoms with Gasteiger partial charge in [0.2, 0.25) is 0 Å². The molecule has 4 N–H and O–H groups in total. The van der Waals surface area contributed by atoms with Gasteiger partial charge in [0.15, 0.2) is 0 Å². The van der Waals surface area contributed by atoms with Crippen LogP contribution in [-0.4, -0.2) is 29.0 Å². The van der Waals surface area contributed by atoms with Gasteiger partial charge in [-0.05, 0) is 6.42 Å². The summed E-state index contributed by atoms with van der Waals surface area (Å²) in [5, 5.41) is 17.8. The molecule has 3 heteroatoms. The number of aliphatic hydroxyl groups excluding tert-OH is 2. The van der Waals surface area contributed by atoms with Gasteiger partial charge in [-0.2, -0.15) is 0 Å². The van der Waals surface area contributed by atoms with E-state index in [1.54, 1.807) is 6.08 Å². The first-order chi connectivity index (χ1) is 5.72. The monoisotopic (exact) mass is 173 g/mol. The fourth-order valence-corrected chi connectivity index (χ4v) is 0.808. The van der Waals surface area contributed by atoms with Crippen LogP contribution in [0.5, 0.6) is 0 Å². The summed E-state index contributed by atoms with van der Waals surface area (Å²) in [5.41, 5.74) is 5.38. The summed E-state index contributed by atoms with van der Waals surface area (Å²) >= 11 is 0. The van der Waals surface area contributed by atoms with Crippen LogP contribution in [0.1, 0.15) is 26.2 Å². The SMILES string of the molecule is CCCCC=C[C@@H](O)[C@@H](N)CO. The number of nitrogens with two attached hydrogens (primary N) is 1. The van der Waals surface area contributed by atoms with Crippen molar-refractivity contribution in [1.82, 2.24) is 0 Å². The molecule has 0 unspecified atom stereocenters. The van der Waals surface area contributed by atoms with E-state index in [1.807, 2.05) is 6.08 Å². The van der Waals surface area contributed by atoms with Crippen LogP contribution in [0.2, 0.25) is 0 Å². The number of hydrogen-bond donors (Lipinski definition) is 3. The molecule has 0 aromatic heterocycles. The van der Waals surface area contributed by atoms with Gasteiger partial charge < -0.3 is 15.9 Å². The fraction of sp³-hybridized carbons (Fsp3) is 0.778. The molecule has 0 heterocycles. The largest absolute Gasteiger partial charge is 0.395 e. The Morgan fingerprint density at radius 2 is 2.17 bits per heavy atom. The lowest BCUT2D eigenvalue weighted by atomic mass is 10.1. The first kappa shape index (κ1) is 11.6. The van der Waals surface area contributed by atoms with Gasteiger partial charge in [0.05, 0.1) is 18.8 Å². The molecule has 2 atom stereocenters. The second kappa shape index (κ2) is 7.28. The Bertz CT molecular complexity index is 126. The molecule has 0 fully saturated rings. The zero-order chi connectivity index (χ0) is 9.40. The normalized spacial score (nSPS) is 16.7. The number of unbranched alkanes of at least 4 members (excludes halogenated alkanes) is 2. The summed E-state index contributed by atoms with van der Waals surface area (Å²) in [4.78, 5) is 0. The number of rotatable bonds is 6. The molecular formula is C9H19NO2. The highest BCUT2D eigenvalue weighted by molar-refractivity contribution is 4.93. The minimum Gasteiger partial charge on any atom is -0.395 e. The lowest BCUT2D eigenvalue weighted by Crippen LogP contribution is -2.36. The molecule has 0 spiro atoms. The summed E-state index contributed by atoms with van der Waals surface area (Å²) in [6.07, 6.45) is 6.07. The van der Waals surface area contributed by atoms with Crippen LogP contribution in [-0.2, 0) is 0 Å². The van der Waals surface area contributed by atoms with E-state index in [-0.39, 0.29) is 6.61 Å². The molecule has 12 heavy (non-hydrogen) atoms. The van der Waals surface area contributed by atoms with Crippen LogP contribution < -0.4 is 5.73 Å². The quantitative estimate of drug-likeness (QED) is 0.402. The Labute approximate surface area is 73.9 Å². The third kappa shape index (κ3) is 5.29. The van der Waals surface area contributed by atoms with Gasteiger partial charge in [0.25, 0.3) is 0 Å². The van der Waals surface area contributed by atoms with E-state index in [2.05, 4.69) is 6.92 Å². The lowest BCUT2D eigenvalue weighted by molar-refractivity contribution is 0.144. The average molecular weight is 173 g/mol. The molecule has 0 radical (unpaired) electrons. The molecular weight excluding hydrogens is 154 g/mol. The first-order valence-corrected chi connectivity index (χ1v) is 4.43. The third-order valence-electron chi connectivity index (χ3n) is 1.71. The molecule has 0 aliphatic heterocycles. The minimum atomic E-state index is -0.716. The summed E-state index contributed by atoms with van der Waals surface area (Å²) in [6.45, 7) is 1.93. The van der Waals surface area contributed by atoms with Crippen LogP contribution in [0.3, 0.4) is 0 Å². The van der Waals surface area contributed by atoms with E-state index >= 15 is 0 Å². The highest BCUT2D eigenvalue weighted by atomic mass is 16.3. The Morgan fingerprint density at radius 3 is 2.67 bits per heavy atom. The fourth-order valence-electron chi connectivity index (χ4n) is 0.808. The lowest BCUT2D eigenvalue weighted by Gasteiger charge is -2.11. The van der Waals surface area contributed by atoms with Crippen LogP contribution in [0.25, 0.3) is 0 Å². The zero-order valence-electron chi connectivity index (χ0n) is 7.61. The maximum absolute atomic E-state index is 9.25. The summed E-state index contributed by atoms with van der Waals surface area (Å²) in [5.74, 6) is 0. The van der Waals surface area contributed by atoms with E-state index in [9.17, 15) is 5.11 Å². The smallest absolute Gasteiger partial charge is 0.0894 e. The Morgan fingerprint density at radius 1 is 1.50 bits per heavy atom. The minimum absolute atomic E-state index is 0.181. The molecule has 0 aliphatic rings. The van der Waals surface area contributed by atoms with Crippen molar-refractivity contribution in [3.05, 3.63) is 12.2 Å². The van der Waals surface area contributed by atoms with Gasteiger partial charge in [-0.25, -0.2) is 0 Å². The van der Waals surface area contributed by atoms with E-state index in [4.69, 9.17) is 10.8 Å². The van der Waals surface area contributed by atoms with E-state index in [0.717, 1.165) is 19.3 Å². The van der Waals surface area contributed by atoms with Crippen molar-refractivity contribution in [1.29, 1.82) is 0 Å². The Hall–Kier alpha value is -0.380. The highest BCUT2D eigenvalue weighted by Gasteiger charge is 2.08. The molecule has 0 rings (SSSR count). The molecule has 0 bridgehead atoms. The Balaban J connectivity index is 3.52. The maximum Gasteiger partial charge on any atom is 0.0894 e. The predicted molar refractivity (Wildman–Crippen MR) is 49.7 cm³/mol. The zero-order valence-corrected chi connectivity index (χ0v) is 7.61. The van der Waals surface area contributed by atoms with Crippen molar-refractivity contribution in [2.24, 2.45) is 5.73 Å². The second-order valence-corrected chi connectivity index (χ2v) is 2.91. The molecule has 3 nitrogen and oxygen atoms in total. The second-order valence-electron chi connectivity index (χ2n) is 2.91. The maximum atomic E-state index is 9.25. The average Bonchev–Trinajstić information content (AvgIpc) is 2.10. The molecule has 0 saturated heterocycles. The van der Waals surface area contributed by atoms with Gasteiger partial charge in [0.1, 0.15) is 0 Å². The standard InChI is InChI=1S/C9H19NO2/c1-2-3-4-5-6-9(12)8(10)7-11/h5-6,8-9,11-12H,2-4,7,10H2,1H3/t8-,9+/m0/s1. The first-order valence-electron chi connectivity index (χ1n) is 4.43. The van der Waals surface area contributed by atoms with Gasteiger partial charge >= 0.3 is 0 Å². The van der Waals surface area contributed by atoms with Crippen molar-refractivity contribution in [3.8, 4) is 0 Å². The van der Waals surface area contributed by atoms with Crippen molar-refractivity contribution in [3.63, 3.8) is 0 Å². The molecule has 0 saturated carbocycles. The van der Waals surface area contributed by atoms with Crippen molar-refractivity contribution < 1.29 is 10.2 Å². The summed E-state index contributed by atoms with van der Waals surface area (Å²) < 4.78 is 0. The van der Waals surface area contributed by atoms with Crippen molar-refractivity contribution in [2.75, 3.05) is 6.61 Å². The molecule has 0 aromatic carbocycles. The Kier molecular flexibility index (Phi) is 7.05. The summed E-state index contributed by atoms with van der Waals surface area (Å²) in [7, 11) is 0. The molecule has 72 valence electrons. The molecule has 0 aromatic rings. The van der Waals surface area contributed by atoms with E-state index in [1.165, 1.54) is 0 Å². The number of aliphatic hydroxyl groups is 2. The van der Waals surface area contributed by atoms with E-state index < -0.39 is 12.1 Å². The predicted octanol–water partition coefficient (Wildman–Crippen LogP) is 0.413. The topological polar surface area (TPSA) is 66.5 Å². The summed E-state index contributed by atoms with van der Waals surface area (Å²) in [6, 6.07) is -0.553. The van der Waals surface area contributed by atoms with Crippen LogP contribution >= 0.6 is 0 Å². The van der Waals surface area contributed by atoms with Crippen LogP contribution in [0.4, 0.5) is 0 Å². The van der Waals surface area contributed by atoms with Gasteiger partial charge in [-0.1, -0.05) is 31.9 Å². The van der Waals surface area contributed by atoms with Gasteiger partial charge in [-0.3, -0.25) is 0 Å². The van der Waals surface area contributed by atoms with Gasteiger partial charge in [0, 0.05) is 0 Å². The van der Waals surface area contributed by atoms with Gasteiger partial charge in [-0.15, -0.1) is 0 Å². The van der Waals surface area contributed by atoms with Crippen LogP contribution in [0, 0.1) is 0 Å². The highest BCUT2D eigenvalue weighted by Crippen LogP contribution is 1.98. The number of allylic oxidation sites excluding steroid dienone is 1. The molecule has 0 amide bonds. The molecule has 0 aliphatic carbocycles. The van der Waals surface area contributed by atoms with Crippen molar-refractivity contribution >= 4 is 0 Å². The van der Waals surface area contributed by atoms with E-state index in [0.29, 0.717) is 0 Å².